The summed E-state index contributed by atoms with van der Waals surface area (Å²) in [5, 5.41) is 12.4. The Labute approximate surface area is 285 Å². The molecule has 6 rings (SSSR count). The summed E-state index contributed by atoms with van der Waals surface area (Å²) in [6, 6.07) is 27.4. The summed E-state index contributed by atoms with van der Waals surface area (Å²) in [5.74, 6) is -0.00986. The predicted molar refractivity (Wildman–Crippen MR) is 192 cm³/mol. The van der Waals surface area contributed by atoms with Crippen LogP contribution in [0.15, 0.2) is 94.5 Å². The molecule has 10 heteroatoms. The van der Waals surface area contributed by atoms with Crippen molar-refractivity contribution in [3.8, 4) is 28.3 Å². The molecule has 0 amide bonds. The van der Waals surface area contributed by atoms with E-state index in [2.05, 4.69) is 65.6 Å². The molecular weight excluding hydrogens is 802 g/mol. The van der Waals surface area contributed by atoms with Crippen LogP contribution in [0.5, 0.6) is 5.75 Å². The van der Waals surface area contributed by atoms with E-state index in [1.165, 1.54) is 0 Å². The van der Waals surface area contributed by atoms with Crippen LogP contribution < -0.4 is 15.9 Å². The van der Waals surface area contributed by atoms with Gasteiger partial charge in [-0.25, -0.2) is 0 Å². The SMILES string of the molecule is Cc1ccc(-c2[nH][nH]c(=O)c2C(c2cc(I)c(OCc3ccccc3Cl)c(I)c2)c2c(-c3ccc(C)cc3)[nH][nH]c2=O)cc1. The molecule has 0 spiro atoms. The van der Waals surface area contributed by atoms with Crippen molar-refractivity contribution in [2.75, 3.05) is 0 Å². The number of nitrogens with one attached hydrogen (secondary N) is 4. The van der Waals surface area contributed by atoms with E-state index in [1.54, 1.807) is 0 Å². The minimum absolute atomic E-state index is 0.301. The summed E-state index contributed by atoms with van der Waals surface area (Å²) >= 11 is 10.9. The number of hydrogen-bond donors (Lipinski definition) is 4. The predicted octanol–water partition coefficient (Wildman–Crippen LogP) is 8.29. The Balaban J connectivity index is 1.53. The quantitative estimate of drug-likeness (QED) is 0.116. The van der Waals surface area contributed by atoms with Crippen molar-refractivity contribution < 1.29 is 4.74 Å². The summed E-state index contributed by atoms with van der Waals surface area (Å²) in [4.78, 5) is 27.3. The van der Waals surface area contributed by atoms with Gasteiger partial charge in [0.25, 0.3) is 11.1 Å². The maximum absolute atomic E-state index is 13.7. The topological polar surface area (TPSA) is 107 Å². The first-order valence-electron chi connectivity index (χ1n) is 13.8. The van der Waals surface area contributed by atoms with Gasteiger partial charge in [0.15, 0.2) is 0 Å². The summed E-state index contributed by atoms with van der Waals surface area (Å²) in [6.45, 7) is 4.33. The van der Waals surface area contributed by atoms with Gasteiger partial charge in [0.1, 0.15) is 12.4 Å². The molecule has 6 aromatic rings. The number of H-pyrrole nitrogens is 4. The molecule has 0 atom stereocenters. The van der Waals surface area contributed by atoms with Crippen molar-refractivity contribution in [2.24, 2.45) is 0 Å². The van der Waals surface area contributed by atoms with Crippen LogP contribution in [0, 0.1) is 21.0 Å². The molecule has 0 fully saturated rings. The Morgan fingerprint density at radius 1 is 0.705 bits per heavy atom. The van der Waals surface area contributed by atoms with Crippen LogP contribution in [0.4, 0.5) is 0 Å². The molecule has 2 heterocycles. The lowest BCUT2D eigenvalue weighted by atomic mass is 9.83. The Kier molecular flexibility index (Phi) is 8.88. The molecule has 222 valence electrons. The molecule has 0 radical (unpaired) electrons. The number of hydrogen-bond acceptors (Lipinski definition) is 3. The van der Waals surface area contributed by atoms with Crippen molar-refractivity contribution in [1.29, 1.82) is 0 Å². The van der Waals surface area contributed by atoms with Crippen LogP contribution in [0.25, 0.3) is 22.5 Å². The van der Waals surface area contributed by atoms with E-state index in [1.807, 2.05) is 98.8 Å². The second-order valence-electron chi connectivity index (χ2n) is 10.6. The van der Waals surface area contributed by atoms with Crippen molar-refractivity contribution in [1.82, 2.24) is 20.4 Å². The maximum Gasteiger partial charge on any atom is 0.268 e. The first kappa shape index (κ1) is 30.5. The van der Waals surface area contributed by atoms with Gasteiger partial charge in [-0.3, -0.25) is 30.0 Å². The number of aryl methyl sites for hydroxylation is 2. The third-order valence-electron chi connectivity index (χ3n) is 7.57. The van der Waals surface area contributed by atoms with Crippen molar-refractivity contribution in [3.63, 3.8) is 0 Å². The molecule has 0 unspecified atom stereocenters. The van der Waals surface area contributed by atoms with Crippen LogP contribution in [0.2, 0.25) is 5.02 Å². The monoisotopic (exact) mass is 828 g/mol. The van der Waals surface area contributed by atoms with Crippen LogP contribution in [0.1, 0.15) is 39.3 Å². The molecular formula is C34H27ClI2N4O3. The van der Waals surface area contributed by atoms with E-state index in [0.717, 1.165) is 40.5 Å². The lowest BCUT2D eigenvalue weighted by Gasteiger charge is -2.20. The number of ether oxygens (including phenoxy) is 1. The molecule has 0 aliphatic heterocycles. The Morgan fingerprint density at radius 2 is 1.18 bits per heavy atom. The molecule has 2 aromatic heterocycles. The average Bonchev–Trinajstić information content (AvgIpc) is 3.57. The maximum atomic E-state index is 13.7. The second-order valence-corrected chi connectivity index (χ2v) is 13.3. The van der Waals surface area contributed by atoms with Crippen LogP contribution in [0.3, 0.4) is 0 Å². The fraction of sp³-hybridized carbons (Fsp3) is 0.118. The second kappa shape index (κ2) is 12.8. The number of benzene rings is 4. The zero-order valence-corrected chi connectivity index (χ0v) is 28.8. The van der Waals surface area contributed by atoms with Crippen molar-refractivity contribution >= 4 is 56.8 Å². The molecule has 0 saturated carbocycles. The molecule has 44 heavy (non-hydrogen) atoms. The number of aromatic nitrogens is 4. The van der Waals surface area contributed by atoms with Gasteiger partial charge in [-0.15, -0.1) is 0 Å². The first-order chi connectivity index (χ1) is 21.2. The molecule has 4 N–H and O–H groups in total. The smallest absolute Gasteiger partial charge is 0.268 e. The minimum atomic E-state index is -0.716. The Hall–Kier alpha value is -3.55. The molecule has 0 bridgehead atoms. The standard InChI is InChI=1S/C34H27ClI2N4O3/c1-18-7-11-20(12-8-18)30-28(33(42)40-38-30)27(29-31(39-41-34(29)43)21-13-9-19(2)10-14-21)23-15-25(36)32(26(37)16-23)44-17-22-5-3-4-6-24(22)35/h3-16,27H,17H2,1-2H3,(H2,38,40,42)(H2,39,41,43). The summed E-state index contributed by atoms with van der Waals surface area (Å²) in [7, 11) is 0. The lowest BCUT2D eigenvalue weighted by molar-refractivity contribution is 0.301. The van der Waals surface area contributed by atoms with Gasteiger partial charge in [-0.05, 0) is 93.9 Å². The van der Waals surface area contributed by atoms with Gasteiger partial charge >= 0.3 is 0 Å². The van der Waals surface area contributed by atoms with E-state index >= 15 is 0 Å². The molecule has 0 aliphatic rings. The average molecular weight is 829 g/mol. The van der Waals surface area contributed by atoms with Gasteiger partial charge in [0.05, 0.1) is 29.7 Å². The number of aromatic amines is 4. The van der Waals surface area contributed by atoms with E-state index in [0.29, 0.717) is 39.9 Å². The first-order valence-corrected chi connectivity index (χ1v) is 16.3. The van der Waals surface area contributed by atoms with Crippen molar-refractivity contribution in [2.45, 2.75) is 26.4 Å². The number of rotatable bonds is 8. The normalized spacial score (nSPS) is 11.3. The van der Waals surface area contributed by atoms with Crippen molar-refractivity contribution in [3.05, 3.63) is 151 Å². The minimum Gasteiger partial charge on any atom is -0.487 e. The van der Waals surface area contributed by atoms with Crippen LogP contribution in [-0.4, -0.2) is 20.4 Å². The fourth-order valence-electron chi connectivity index (χ4n) is 5.31. The molecule has 0 aliphatic carbocycles. The third kappa shape index (κ3) is 6.04. The summed E-state index contributed by atoms with van der Waals surface area (Å²) < 4.78 is 7.94. The van der Waals surface area contributed by atoms with Gasteiger partial charge in [-0.1, -0.05) is 89.5 Å². The van der Waals surface area contributed by atoms with E-state index in [9.17, 15) is 9.59 Å². The highest BCUT2D eigenvalue weighted by molar-refractivity contribution is 14.1. The molecule has 0 saturated heterocycles. The summed E-state index contributed by atoms with van der Waals surface area (Å²) in [6.07, 6.45) is 0. The Bertz CT molecular complexity index is 1950. The highest BCUT2D eigenvalue weighted by atomic mass is 127. The van der Waals surface area contributed by atoms with E-state index < -0.39 is 5.92 Å². The lowest BCUT2D eigenvalue weighted by Crippen LogP contribution is -2.20. The zero-order valence-electron chi connectivity index (χ0n) is 23.7. The third-order valence-corrected chi connectivity index (χ3v) is 9.54. The fourth-order valence-corrected chi connectivity index (χ4v) is 7.63. The highest BCUT2D eigenvalue weighted by Gasteiger charge is 2.32. The Morgan fingerprint density at radius 3 is 1.66 bits per heavy atom. The molecule has 7 nitrogen and oxygen atoms in total. The number of halogens is 3. The van der Waals surface area contributed by atoms with Gasteiger partial charge in [0.2, 0.25) is 0 Å². The van der Waals surface area contributed by atoms with E-state index in [-0.39, 0.29) is 11.1 Å². The highest BCUT2D eigenvalue weighted by Crippen LogP contribution is 2.41. The summed E-state index contributed by atoms with van der Waals surface area (Å²) in [5.41, 5.74) is 7.08. The largest absolute Gasteiger partial charge is 0.487 e. The van der Waals surface area contributed by atoms with E-state index in [4.69, 9.17) is 16.3 Å². The van der Waals surface area contributed by atoms with Gasteiger partial charge < -0.3 is 4.74 Å². The van der Waals surface area contributed by atoms with Crippen LogP contribution >= 0.6 is 56.8 Å². The van der Waals surface area contributed by atoms with Gasteiger partial charge in [0, 0.05) is 16.5 Å². The zero-order chi connectivity index (χ0) is 31.0. The molecule has 4 aromatic carbocycles. The van der Waals surface area contributed by atoms with Gasteiger partial charge in [-0.2, -0.15) is 0 Å². The van der Waals surface area contributed by atoms with Crippen LogP contribution in [-0.2, 0) is 6.61 Å².